The van der Waals surface area contributed by atoms with Gasteiger partial charge in [-0.3, -0.25) is 9.78 Å². The summed E-state index contributed by atoms with van der Waals surface area (Å²) in [5.74, 6) is -8.99. The zero-order chi connectivity index (χ0) is 28.6. The molecule has 0 fully saturated rings. The van der Waals surface area contributed by atoms with Gasteiger partial charge in [0.05, 0.1) is 12.8 Å². The molecule has 17 heteroatoms. The molecule has 1 aliphatic rings. The van der Waals surface area contributed by atoms with Gasteiger partial charge in [0.1, 0.15) is 22.7 Å². The van der Waals surface area contributed by atoms with Gasteiger partial charge in [0.2, 0.25) is 5.82 Å². The van der Waals surface area contributed by atoms with Gasteiger partial charge in [0.25, 0.3) is 5.91 Å². The van der Waals surface area contributed by atoms with Crippen LogP contribution in [0.3, 0.4) is 0 Å². The van der Waals surface area contributed by atoms with Crippen LogP contribution in [0.25, 0.3) is 0 Å². The Morgan fingerprint density at radius 3 is 2.49 bits per heavy atom. The minimum atomic E-state index is -5.46. The minimum Gasteiger partial charge on any atom is -0.491 e. The van der Waals surface area contributed by atoms with Gasteiger partial charge in [0.15, 0.2) is 11.6 Å². The highest BCUT2D eigenvalue weighted by molar-refractivity contribution is 5.98. The summed E-state index contributed by atoms with van der Waals surface area (Å²) in [7, 11) is 0. The highest BCUT2D eigenvalue weighted by Gasteiger charge is 2.45. The third-order valence-electron chi connectivity index (χ3n) is 5.32. The average Bonchev–Trinajstić information content (AvgIpc) is 3.35. The van der Waals surface area contributed by atoms with Crippen LogP contribution >= 0.6 is 0 Å². The van der Waals surface area contributed by atoms with Gasteiger partial charge >= 0.3 is 24.5 Å². The van der Waals surface area contributed by atoms with Gasteiger partial charge in [-0.15, -0.1) is 13.2 Å². The van der Waals surface area contributed by atoms with Crippen molar-refractivity contribution in [2.24, 2.45) is 0 Å². The monoisotopic (exact) mass is 562 g/mol. The fourth-order valence-electron chi connectivity index (χ4n) is 3.70. The number of nitrogens with zero attached hydrogens (tertiary/aromatic N) is 2. The number of H-pyrrole nitrogens is 1. The van der Waals surface area contributed by atoms with Crippen molar-refractivity contribution in [2.75, 3.05) is 6.61 Å². The van der Waals surface area contributed by atoms with Crippen molar-refractivity contribution >= 4 is 17.8 Å². The molecule has 2 N–H and O–H groups in total. The number of fused-ring (bicyclic) bond motifs is 1. The Hall–Kier alpha value is -4.70. The molecular weight excluding hydrogens is 549 g/mol. The number of rotatable bonds is 5. The summed E-state index contributed by atoms with van der Waals surface area (Å²) in [6.07, 6.45) is -8.69. The molecule has 0 aliphatic carbocycles. The maximum atomic E-state index is 14.7. The lowest BCUT2D eigenvalue weighted by Crippen LogP contribution is -2.50. The van der Waals surface area contributed by atoms with Crippen molar-refractivity contribution in [3.05, 3.63) is 71.3 Å². The van der Waals surface area contributed by atoms with E-state index in [1.807, 2.05) is 0 Å². The second-order valence-corrected chi connectivity index (χ2v) is 7.82. The molecule has 3 heterocycles. The number of ether oxygens (including phenoxy) is 3. The standard InChI is InChI=1S/C22H13F7N4O6/c23-11-8-10(3-4-13(11)39-22(27,28)29)20(5-7-37-14-2-1-6-30-15(14)20)33-17(34)12-9-31-16(32-12)18(35)38-19(36)21(24,25)26/h1-4,6,8-9H,5,7H2,(H,31,32)(H,33,34). The predicted octanol–water partition coefficient (Wildman–Crippen LogP) is 3.54. The number of carbonyl (C=O) groups is 3. The Labute approximate surface area is 212 Å². The minimum absolute atomic E-state index is 0.0448. The first-order valence-electron chi connectivity index (χ1n) is 10.5. The second-order valence-electron chi connectivity index (χ2n) is 7.82. The van der Waals surface area contributed by atoms with Crippen LogP contribution in [0.4, 0.5) is 30.7 Å². The molecule has 0 saturated carbocycles. The Bertz CT molecular complexity index is 1440. The highest BCUT2D eigenvalue weighted by Crippen LogP contribution is 2.42. The zero-order valence-electron chi connectivity index (χ0n) is 18.9. The van der Waals surface area contributed by atoms with E-state index >= 15 is 0 Å². The molecule has 4 rings (SSSR count). The fraction of sp³-hybridized carbons (Fsp3) is 0.227. The largest absolute Gasteiger partial charge is 0.573 e. The Morgan fingerprint density at radius 2 is 1.82 bits per heavy atom. The van der Waals surface area contributed by atoms with Crippen molar-refractivity contribution in [2.45, 2.75) is 24.5 Å². The quantitative estimate of drug-likeness (QED) is 0.274. The van der Waals surface area contributed by atoms with E-state index in [-0.39, 0.29) is 30.0 Å². The van der Waals surface area contributed by atoms with E-state index in [4.69, 9.17) is 4.74 Å². The second kappa shape index (κ2) is 9.88. The Kier molecular flexibility index (Phi) is 6.93. The number of hydrogen-bond donors (Lipinski definition) is 2. The third kappa shape index (κ3) is 5.75. The van der Waals surface area contributed by atoms with Crippen LogP contribution in [0, 0.1) is 5.82 Å². The SMILES string of the molecule is O=C(NC1(c2ccc(OC(F)(F)F)c(F)c2)CCOc2cccnc21)c1cnc(C(=O)OC(=O)C(F)(F)F)[nH]1. The lowest BCUT2D eigenvalue weighted by atomic mass is 9.81. The van der Waals surface area contributed by atoms with E-state index in [0.29, 0.717) is 12.1 Å². The average molecular weight is 562 g/mol. The summed E-state index contributed by atoms with van der Waals surface area (Å²) in [4.78, 5) is 45.6. The summed E-state index contributed by atoms with van der Waals surface area (Å²) in [6.45, 7) is -0.0680. The lowest BCUT2D eigenvalue weighted by molar-refractivity contribution is -0.275. The summed E-state index contributed by atoms with van der Waals surface area (Å²) in [5.41, 5.74) is -2.23. The van der Waals surface area contributed by atoms with Gasteiger partial charge in [-0.1, -0.05) is 6.07 Å². The number of aromatic nitrogens is 3. The molecule has 1 aliphatic heterocycles. The van der Waals surface area contributed by atoms with Gasteiger partial charge in [-0.05, 0) is 29.8 Å². The number of hydrogen-bond acceptors (Lipinski definition) is 8. The van der Waals surface area contributed by atoms with Gasteiger partial charge in [-0.2, -0.15) is 13.2 Å². The Morgan fingerprint density at radius 1 is 1.08 bits per heavy atom. The molecule has 1 amide bonds. The molecular formula is C22H13F7N4O6. The van der Waals surface area contributed by atoms with Crippen molar-refractivity contribution < 1.29 is 59.3 Å². The fourth-order valence-corrected chi connectivity index (χ4v) is 3.70. The van der Waals surface area contributed by atoms with E-state index in [1.165, 1.54) is 18.3 Å². The maximum Gasteiger partial charge on any atom is 0.573 e. The lowest BCUT2D eigenvalue weighted by Gasteiger charge is -2.38. The molecule has 39 heavy (non-hydrogen) atoms. The molecule has 1 atom stereocenters. The topological polar surface area (TPSA) is 132 Å². The predicted molar refractivity (Wildman–Crippen MR) is 111 cm³/mol. The van der Waals surface area contributed by atoms with Gasteiger partial charge < -0.3 is 24.5 Å². The first-order chi connectivity index (χ1) is 18.2. The molecule has 0 bridgehead atoms. The van der Waals surface area contributed by atoms with Crippen molar-refractivity contribution in [3.63, 3.8) is 0 Å². The third-order valence-corrected chi connectivity index (χ3v) is 5.32. The number of esters is 2. The van der Waals surface area contributed by atoms with Gasteiger partial charge in [0, 0.05) is 12.6 Å². The van der Waals surface area contributed by atoms with E-state index < -0.39 is 59.0 Å². The number of halogens is 7. The number of carbonyl (C=O) groups excluding carboxylic acids is 3. The molecule has 3 aromatic rings. The molecule has 2 aromatic heterocycles. The van der Waals surface area contributed by atoms with Gasteiger partial charge in [-0.25, -0.2) is 19.0 Å². The number of alkyl halides is 6. The summed E-state index contributed by atoms with van der Waals surface area (Å²) in [6, 6.07) is 5.43. The zero-order valence-corrected chi connectivity index (χ0v) is 18.9. The van der Waals surface area contributed by atoms with E-state index in [1.54, 1.807) is 0 Å². The van der Waals surface area contributed by atoms with Crippen LogP contribution in [-0.2, 0) is 15.1 Å². The number of amides is 1. The van der Waals surface area contributed by atoms with E-state index in [2.05, 4.69) is 29.7 Å². The highest BCUT2D eigenvalue weighted by atomic mass is 19.4. The van der Waals surface area contributed by atoms with E-state index in [9.17, 15) is 45.1 Å². The van der Waals surface area contributed by atoms with Crippen LogP contribution in [0.1, 0.15) is 38.8 Å². The van der Waals surface area contributed by atoms with Crippen LogP contribution < -0.4 is 14.8 Å². The summed E-state index contributed by atoms with van der Waals surface area (Å²) in [5, 5.41) is 2.55. The van der Waals surface area contributed by atoms with Crippen LogP contribution in [0.15, 0.2) is 42.7 Å². The first-order valence-corrected chi connectivity index (χ1v) is 10.5. The smallest absolute Gasteiger partial charge is 0.491 e. The summed E-state index contributed by atoms with van der Waals surface area (Å²) >= 11 is 0. The van der Waals surface area contributed by atoms with Crippen molar-refractivity contribution in [1.82, 2.24) is 20.3 Å². The number of benzene rings is 1. The number of nitrogens with one attached hydrogen (secondary N) is 2. The van der Waals surface area contributed by atoms with Crippen molar-refractivity contribution in [1.29, 1.82) is 0 Å². The van der Waals surface area contributed by atoms with Crippen LogP contribution in [0.5, 0.6) is 11.5 Å². The number of aromatic amines is 1. The molecule has 1 unspecified atom stereocenters. The molecule has 0 spiro atoms. The molecule has 10 nitrogen and oxygen atoms in total. The number of imidazole rings is 1. The van der Waals surface area contributed by atoms with Crippen LogP contribution in [-0.4, -0.2) is 51.9 Å². The van der Waals surface area contributed by atoms with Crippen molar-refractivity contribution in [3.8, 4) is 11.5 Å². The van der Waals surface area contributed by atoms with Crippen LogP contribution in [0.2, 0.25) is 0 Å². The molecule has 0 saturated heterocycles. The molecule has 0 radical (unpaired) electrons. The van der Waals surface area contributed by atoms with E-state index in [0.717, 1.165) is 12.3 Å². The maximum absolute atomic E-state index is 14.7. The first kappa shape index (κ1) is 27.3. The number of pyridine rings is 1. The summed E-state index contributed by atoms with van der Waals surface area (Å²) < 4.78 is 102. The normalized spacial score (nSPS) is 17.0. The molecule has 1 aromatic carbocycles. The molecule has 206 valence electrons. The Balaban J connectivity index is 1.68.